The molecule has 1 saturated heterocycles. The molecule has 1 amide bonds. The molecule has 2 N–H and O–H groups in total. The van der Waals surface area contributed by atoms with Crippen molar-refractivity contribution in [1.29, 1.82) is 0 Å². The minimum Gasteiger partial charge on any atom is -0.495 e. The molecule has 0 bridgehead atoms. The number of likely N-dealkylation sites (N-methyl/N-ethyl adjacent to an activating group) is 1. The van der Waals surface area contributed by atoms with Crippen LogP contribution >= 0.6 is 0 Å². The number of hydrogen-bond acceptors (Lipinski definition) is 4. The molecule has 1 aliphatic rings. The van der Waals surface area contributed by atoms with E-state index in [1.165, 1.54) is 28.4 Å². The number of sulfonamides is 1. The summed E-state index contributed by atoms with van der Waals surface area (Å²) in [5, 5.41) is 2.77. The van der Waals surface area contributed by atoms with Gasteiger partial charge in [-0.15, -0.1) is 0 Å². The van der Waals surface area contributed by atoms with Gasteiger partial charge in [0.25, 0.3) is 5.91 Å². The van der Waals surface area contributed by atoms with Crippen molar-refractivity contribution in [2.75, 3.05) is 45.7 Å². The molecule has 0 aromatic heterocycles. The average Bonchev–Trinajstić information content (AvgIpc) is 2.68. The number of carbonyl (C=O) groups excluding carboxylic acids is 1. The highest BCUT2D eigenvalue weighted by atomic mass is 32.2. The van der Waals surface area contributed by atoms with Crippen LogP contribution in [0.15, 0.2) is 53.4 Å². The second kappa shape index (κ2) is 8.08. The van der Waals surface area contributed by atoms with Crippen LogP contribution in [0.3, 0.4) is 0 Å². The summed E-state index contributed by atoms with van der Waals surface area (Å²) in [5.74, 6) is -0.138. The summed E-state index contributed by atoms with van der Waals surface area (Å²) in [6.45, 7) is 2.38. The Morgan fingerprint density at radius 1 is 1.11 bits per heavy atom. The lowest BCUT2D eigenvalue weighted by Gasteiger charge is -2.29. The van der Waals surface area contributed by atoms with Crippen molar-refractivity contribution in [2.45, 2.75) is 4.90 Å². The van der Waals surface area contributed by atoms with Crippen LogP contribution in [-0.4, -0.2) is 59.0 Å². The highest BCUT2D eigenvalue weighted by molar-refractivity contribution is 7.89. The summed E-state index contributed by atoms with van der Waals surface area (Å²) in [6.07, 6.45) is 0. The van der Waals surface area contributed by atoms with Crippen LogP contribution in [0.25, 0.3) is 0 Å². The van der Waals surface area contributed by atoms with Gasteiger partial charge in [0.15, 0.2) is 0 Å². The van der Waals surface area contributed by atoms with E-state index in [1.54, 1.807) is 18.2 Å². The molecule has 7 nitrogen and oxygen atoms in total. The van der Waals surface area contributed by atoms with Crippen LogP contribution in [0.2, 0.25) is 0 Å². The Bertz CT molecular complexity index is 908. The first-order chi connectivity index (χ1) is 12.9. The third-order valence-electron chi connectivity index (χ3n) is 4.65. The number of ether oxygens (including phenoxy) is 1. The highest BCUT2D eigenvalue weighted by Gasteiger charge is 2.32. The number of piperazine rings is 1. The molecular weight excluding hydrogens is 366 g/mol. The molecular formula is C19H24N3O4S+. The number of methoxy groups -OCH3 is 1. The number of anilines is 1. The molecule has 0 spiro atoms. The monoisotopic (exact) mass is 390 g/mol. The molecule has 0 aliphatic carbocycles. The van der Waals surface area contributed by atoms with E-state index in [-0.39, 0.29) is 22.1 Å². The smallest absolute Gasteiger partial charge is 0.255 e. The average molecular weight is 390 g/mol. The number of nitrogens with one attached hydrogen (secondary N) is 2. The predicted molar refractivity (Wildman–Crippen MR) is 103 cm³/mol. The molecule has 0 saturated carbocycles. The maximum Gasteiger partial charge on any atom is 0.255 e. The number of nitrogens with zero attached hydrogens (tertiary/aromatic N) is 1. The SMILES string of the molecule is COc1ccc(C(=O)Nc2ccccc2)cc1S(=O)(=O)N1CC[NH+](C)CC1. The molecule has 2 aromatic rings. The number of amides is 1. The Kier molecular flexibility index (Phi) is 5.79. The lowest BCUT2D eigenvalue weighted by atomic mass is 10.2. The molecule has 27 heavy (non-hydrogen) atoms. The summed E-state index contributed by atoms with van der Waals surface area (Å²) in [6, 6.07) is 13.5. The van der Waals surface area contributed by atoms with E-state index in [0.29, 0.717) is 18.8 Å². The first-order valence-electron chi connectivity index (χ1n) is 8.77. The van der Waals surface area contributed by atoms with Crippen molar-refractivity contribution in [3.63, 3.8) is 0 Å². The van der Waals surface area contributed by atoms with E-state index in [1.807, 2.05) is 25.2 Å². The molecule has 0 atom stereocenters. The highest BCUT2D eigenvalue weighted by Crippen LogP contribution is 2.28. The number of carbonyl (C=O) groups is 1. The topological polar surface area (TPSA) is 80.1 Å². The molecule has 3 rings (SSSR count). The fraction of sp³-hybridized carbons (Fsp3) is 0.316. The van der Waals surface area contributed by atoms with Gasteiger partial charge in [0.05, 0.1) is 40.3 Å². The number of benzene rings is 2. The molecule has 2 aromatic carbocycles. The van der Waals surface area contributed by atoms with Crippen LogP contribution in [0.4, 0.5) is 5.69 Å². The summed E-state index contributed by atoms with van der Waals surface area (Å²) in [4.78, 5) is 13.9. The van der Waals surface area contributed by atoms with Gasteiger partial charge in [-0.25, -0.2) is 8.42 Å². The van der Waals surface area contributed by atoms with E-state index in [4.69, 9.17) is 4.74 Å². The van der Waals surface area contributed by atoms with Gasteiger partial charge in [-0.2, -0.15) is 4.31 Å². The van der Waals surface area contributed by atoms with Gasteiger partial charge in [0, 0.05) is 11.3 Å². The summed E-state index contributed by atoms with van der Waals surface area (Å²) >= 11 is 0. The third-order valence-corrected chi connectivity index (χ3v) is 6.57. The molecule has 1 heterocycles. The minimum atomic E-state index is -3.74. The Balaban J connectivity index is 1.90. The summed E-state index contributed by atoms with van der Waals surface area (Å²) in [5.41, 5.74) is 0.905. The Morgan fingerprint density at radius 2 is 1.78 bits per heavy atom. The molecule has 144 valence electrons. The fourth-order valence-corrected chi connectivity index (χ4v) is 4.61. The molecule has 0 unspecified atom stereocenters. The zero-order valence-corrected chi connectivity index (χ0v) is 16.3. The van der Waals surface area contributed by atoms with Gasteiger partial charge >= 0.3 is 0 Å². The molecule has 1 fully saturated rings. The fourth-order valence-electron chi connectivity index (χ4n) is 2.99. The number of hydrogen-bond donors (Lipinski definition) is 2. The van der Waals surface area contributed by atoms with Crippen molar-refractivity contribution in [2.24, 2.45) is 0 Å². The first kappa shape index (κ1) is 19.3. The van der Waals surface area contributed by atoms with Crippen LogP contribution < -0.4 is 15.0 Å². The zero-order valence-electron chi connectivity index (χ0n) is 15.4. The van der Waals surface area contributed by atoms with E-state index in [2.05, 4.69) is 5.32 Å². The molecule has 1 aliphatic heterocycles. The second-order valence-electron chi connectivity index (χ2n) is 6.55. The van der Waals surface area contributed by atoms with E-state index < -0.39 is 10.0 Å². The normalized spacial score (nSPS) is 16.1. The maximum atomic E-state index is 13.1. The second-order valence-corrected chi connectivity index (χ2v) is 8.45. The maximum absolute atomic E-state index is 13.1. The van der Waals surface area contributed by atoms with Gasteiger partial charge in [-0.3, -0.25) is 4.79 Å². The van der Waals surface area contributed by atoms with Crippen molar-refractivity contribution >= 4 is 21.6 Å². The standard InChI is InChI=1S/C19H23N3O4S/c1-21-10-12-22(13-11-21)27(24,25)18-14-15(8-9-17(18)26-2)19(23)20-16-6-4-3-5-7-16/h3-9,14H,10-13H2,1-2H3,(H,20,23)/p+1. The van der Waals surface area contributed by atoms with Gasteiger partial charge in [0.2, 0.25) is 10.0 Å². The quantitative estimate of drug-likeness (QED) is 0.778. The Morgan fingerprint density at radius 3 is 2.41 bits per heavy atom. The van der Waals surface area contributed by atoms with Gasteiger partial charge in [-0.1, -0.05) is 18.2 Å². The largest absolute Gasteiger partial charge is 0.495 e. The third kappa shape index (κ3) is 4.29. The van der Waals surface area contributed by atoms with E-state index >= 15 is 0 Å². The van der Waals surface area contributed by atoms with Crippen LogP contribution in [-0.2, 0) is 10.0 Å². The van der Waals surface area contributed by atoms with Crippen LogP contribution in [0.5, 0.6) is 5.75 Å². The summed E-state index contributed by atoms with van der Waals surface area (Å²) < 4.78 is 32.9. The molecule has 0 radical (unpaired) electrons. The Labute approximate surface area is 159 Å². The van der Waals surface area contributed by atoms with Gasteiger partial charge in [-0.05, 0) is 30.3 Å². The molecule has 8 heteroatoms. The van der Waals surface area contributed by atoms with E-state index in [9.17, 15) is 13.2 Å². The lowest BCUT2D eigenvalue weighted by molar-refractivity contribution is -0.883. The summed E-state index contributed by atoms with van der Waals surface area (Å²) in [7, 11) is -0.279. The van der Waals surface area contributed by atoms with Crippen molar-refractivity contribution in [1.82, 2.24) is 4.31 Å². The van der Waals surface area contributed by atoms with Gasteiger partial charge < -0.3 is 15.0 Å². The van der Waals surface area contributed by atoms with Crippen molar-refractivity contribution < 1.29 is 22.8 Å². The van der Waals surface area contributed by atoms with Crippen molar-refractivity contribution in [3.8, 4) is 5.75 Å². The van der Waals surface area contributed by atoms with E-state index in [0.717, 1.165) is 13.1 Å². The van der Waals surface area contributed by atoms with Gasteiger partial charge in [0.1, 0.15) is 10.6 Å². The first-order valence-corrected chi connectivity index (χ1v) is 10.2. The number of para-hydroxylation sites is 1. The predicted octanol–water partition coefficient (Wildman–Crippen LogP) is 0.467. The van der Waals surface area contributed by atoms with Crippen LogP contribution in [0, 0.1) is 0 Å². The number of quaternary nitrogens is 1. The minimum absolute atomic E-state index is 0.0188. The number of rotatable bonds is 5. The Hall–Kier alpha value is -2.42. The lowest BCUT2D eigenvalue weighted by Crippen LogP contribution is -3.12. The van der Waals surface area contributed by atoms with Crippen molar-refractivity contribution in [3.05, 3.63) is 54.1 Å². The zero-order chi connectivity index (χ0) is 19.4. The van der Waals surface area contributed by atoms with Crippen LogP contribution in [0.1, 0.15) is 10.4 Å².